The third-order valence-electron chi connectivity index (χ3n) is 4.44. The molecule has 0 fully saturated rings. The minimum Gasteiger partial charge on any atom is -0.494 e. The van der Waals surface area contributed by atoms with E-state index in [4.69, 9.17) is 9.47 Å². The molecule has 1 aromatic heterocycles. The zero-order valence-corrected chi connectivity index (χ0v) is 17.6. The van der Waals surface area contributed by atoms with E-state index in [2.05, 4.69) is 34.3 Å². The molecule has 0 radical (unpaired) electrons. The monoisotopic (exact) mass is 405 g/mol. The van der Waals surface area contributed by atoms with E-state index >= 15 is 0 Å². The number of anilines is 1. The molecule has 156 valence electrons. The van der Waals surface area contributed by atoms with Gasteiger partial charge < -0.3 is 14.8 Å². The number of benzene rings is 2. The number of nitrogens with zero attached hydrogens (tertiary/aromatic N) is 2. The second-order valence-electron chi connectivity index (χ2n) is 7.06. The van der Waals surface area contributed by atoms with Gasteiger partial charge in [-0.1, -0.05) is 25.1 Å². The first-order valence-electron chi connectivity index (χ1n) is 10.1. The van der Waals surface area contributed by atoms with Crippen molar-refractivity contribution < 1.29 is 14.3 Å². The molecule has 6 heteroatoms. The van der Waals surface area contributed by atoms with Crippen LogP contribution in [-0.2, 0) is 11.2 Å². The van der Waals surface area contributed by atoms with Crippen LogP contribution in [0.5, 0.6) is 17.5 Å². The Balaban J connectivity index is 1.46. The summed E-state index contributed by atoms with van der Waals surface area (Å²) < 4.78 is 11.4. The maximum absolute atomic E-state index is 12.2. The van der Waals surface area contributed by atoms with Crippen molar-refractivity contribution in [2.24, 2.45) is 0 Å². The highest BCUT2D eigenvalue weighted by Crippen LogP contribution is 2.22. The van der Waals surface area contributed by atoms with Crippen LogP contribution in [0.15, 0.2) is 54.6 Å². The van der Waals surface area contributed by atoms with Crippen LogP contribution < -0.4 is 14.8 Å². The number of nitrogens with one attached hydrogen (secondary N) is 1. The minimum absolute atomic E-state index is 0.0697. The number of aryl methyl sites for hydroxylation is 3. The van der Waals surface area contributed by atoms with Crippen molar-refractivity contribution in [1.82, 2.24) is 9.97 Å². The summed E-state index contributed by atoms with van der Waals surface area (Å²) >= 11 is 0. The molecule has 0 saturated heterocycles. The molecule has 0 aliphatic carbocycles. The van der Waals surface area contributed by atoms with E-state index in [1.165, 1.54) is 5.56 Å². The first-order valence-corrected chi connectivity index (χ1v) is 10.1. The predicted molar refractivity (Wildman–Crippen MR) is 117 cm³/mol. The van der Waals surface area contributed by atoms with Crippen LogP contribution in [0.4, 0.5) is 5.69 Å². The van der Waals surface area contributed by atoms with Gasteiger partial charge in [-0.25, -0.2) is 9.97 Å². The van der Waals surface area contributed by atoms with Crippen molar-refractivity contribution in [3.8, 4) is 17.5 Å². The number of aromatic nitrogens is 2. The molecular formula is C24H27N3O3. The van der Waals surface area contributed by atoms with Gasteiger partial charge in [0.15, 0.2) is 0 Å². The molecule has 6 nitrogen and oxygen atoms in total. The predicted octanol–water partition coefficient (Wildman–Crippen LogP) is 5.25. The quantitative estimate of drug-likeness (QED) is 0.493. The SMILES string of the molecule is CCc1ccc(OCCCC(=O)Nc2cccc(Oc3nc(C)cc(C)n3)c2)cc1. The molecule has 1 heterocycles. The van der Waals surface area contributed by atoms with Gasteiger partial charge in [0, 0.05) is 29.6 Å². The molecule has 0 saturated carbocycles. The fourth-order valence-corrected chi connectivity index (χ4v) is 2.95. The second-order valence-corrected chi connectivity index (χ2v) is 7.06. The summed E-state index contributed by atoms with van der Waals surface area (Å²) in [4.78, 5) is 20.8. The van der Waals surface area contributed by atoms with Gasteiger partial charge in [-0.15, -0.1) is 0 Å². The van der Waals surface area contributed by atoms with Crippen LogP contribution in [-0.4, -0.2) is 22.5 Å². The molecular weight excluding hydrogens is 378 g/mol. The maximum atomic E-state index is 12.2. The van der Waals surface area contributed by atoms with E-state index in [1.807, 2.05) is 44.2 Å². The van der Waals surface area contributed by atoms with Gasteiger partial charge in [0.05, 0.1) is 6.61 Å². The zero-order valence-electron chi connectivity index (χ0n) is 17.6. The Bertz CT molecular complexity index is 967. The van der Waals surface area contributed by atoms with Gasteiger partial charge in [0.2, 0.25) is 5.91 Å². The van der Waals surface area contributed by atoms with Crippen molar-refractivity contribution in [3.63, 3.8) is 0 Å². The average molecular weight is 405 g/mol. The van der Waals surface area contributed by atoms with Gasteiger partial charge in [-0.05, 0) is 62.6 Å². The Kier molecular flexibility index (Phi) is 7.38. The van der Waals surface area contributed by atoms with Gasteiger partial charge in [-0.2, -0.15) is 0 Å². The Morgan fingerprint density at radius 1 is 0.967 bits per heavy atom. The standard InChI is InChI=1S/C24H27N3O3/c1-4-19-10-12-21(13-11-19)29-14-6-9-23(28)27-20-7-5-8-22(16-20)30-24-25-17(2)15-18(3)26-24/h5,7-8,10-13,15-16H,4,6,9,14H2,1-3H3,(H,27,28). The molecule has 0 aliphatic heterocycles. The number of ether oxygens (including phenoxy) is 2. The number of hydrogen-bond donors (Lipinski definition) is 1. The summed E-state index contributed by atoms with van der Waals surface area (Å²) in [6.45, 7) is 6.39. The summed E-state index contributed by atoms with van der Waals surface area (Å²) in [5.41, 5.74) is 3.62. The van der Waals surface area contributed by atoms with Gasteiger partial charge in [0.1, 0.15) is 11.5 Å². The molecule has 0 spiro atoms. The van der Waals surface area contributed by atoms with E-state index in [0.29, 0.717) is 36.9 Å². The Morgan fingerprint density at radius 2 is 1.70 bits per heavy atom. The van der Waals surface area contributed by atoms with E-state index < -0.39 is 0 Å². The molecule has 2 aromatic carbocycles. The highest BCUT2D eigenvalue weighted by atomic mass is 16.5. The summed E-state index contributed by atoms with van der Waals surface area (Å²) in [5, 5.41) is 2.89. The van der Waals surface area contributed by atoms with Crippen molar-refractivity contribution in [3.05, 3.63) is 71.5 Å². The van der Waals surface area contributed by atoms with Gasteiger partial charge >= 0.3 is 6.01 Å². The molecule has 1 amide bonds. The largest absolute Gasteiger partial charge is 0.494 e. The van der Waals surface area contributed by atoms with E-state index in [-0.39, 0.29) is 5.91 Å². The third kappa shape index (κ3) is 6.58. The van der Waals surface area contributed by atoms with Gasteiger partial charge in [-0.3, -0.25) is 4.79 Å². The lowest BCUT2D eigenvalue weighted by Gasteiger charge is -2.09. The smallest absolute Gasteiger partial charge is 0.322 e. The lowest BCUT2D eigenvalue weighted by Crippen LogP contribution is -2.12. The maximum Gasteiger partial charge on any atom is 0.322 e. The normalized spacial score (nSPS) is 10.5. The number of rotatable bonds is 9. The average Bonchev–Trinajstić information content (AvgIpc) is 2.71. The van der Waals surface area contributed by atoms with Crippen molar-refractivity contribution in [2.45, 2.75) is 40.0 Å². The Hall–Kier alpha value is -3.41. The number of carbonyl (C=O) groups excluding carboxylic acids is 1. The number of carbonyl (C=O) groups is 1. The highest BCUT2D eigenvalue weighted by Gasteiger charge is 2.06. The molecule has 0 aliphatic rings. The number of amides is 1. The highest BCUT2D eigenvalue weighted by molar-refractivity contribution is 5.90. The van der Waals surface area contributed by atoms with Crippen molar-refractivity contribution >= 4 is 11.6 Å². The first kappa shape index (κ1) is 21.3. The molecule has 1 N–H and O–H groups in total. The van der Waals surface area contributed by atoms with Crippen LogP contribution >= 0.6 is 0 Å². The lowest BCUT2D eigenvalue weighted by molar-refractivity contribution is -0.116. The summed E-state index contributed by atoms with van der Waals surface area (Å²) in [7, 11) is 0. The zero-order chi connectivity index (χ0) is 21.3. The van der Waals surface area contributed by atoms with Crippen LogP contribution in [0, 0.1) is 13.8 Å². The molecule has 0 atom stereocenters. The van der Waals surface area contributed by atoms with Crippen molar-refractivity contribution in [2.75, 3.05) is 11.9 Å². The number of hydrogen-bond acceptors (Lipinski definition) is 5. The molecule has 0 unspecified atom stereocenters. The second kappa shape index (κ2) is 10.4. The minimum atomic E-state index is -0.0697. The lowest BCUT2D eigenvalue weighted by atomic mass is 10.2. The van der Waals surface area contributed by atoms with E-state index in [9.17, 15) is 4.79 Å². The van der Waals surface area contributed by atoms with Crippen LogP contribution in [0.1, 0.15) is 36.7 Å². The Labute approximate surface area is 177 Å². The van der Waals surface area contributed by atoms with E-state index in [0.717, 1.165) is 23.6 Å². The van der Waals surface area contributed by atoms with Crippen LogP contribution in [0.3, 0.4) is 0 Å². The van der Waals surface area contributed by atoms with Crippen LogP contribution in [0.2, 0.25) is 0 Å². The summed E-state index contributed by atoms with van der Waals surface area (Å²) in [5.74, 6) is 1.32. The van der Waals surface area contributed by atoms with E-state index in [1.54, 1.807) is 12.1 Å². The van der Waals surface area contributed by atoms with Crippen molar-refractivity contribution in [1.29, 1.82) is 0 Å². The van der Waals surface area contributed by atoms with Crippen LogP contribution in [0.25, 0.3) is 0 Å². The molecule has 30 heavy (non-hydrogen) atoms. The third-order valence-corrected chi connectivity index (χ3v) is 4.44. The fourth-order valence-electron chi connectivity index (χ4n) is 2.95. The molecule has 3 rings (SSSR count). The summed E-state index contributed by atoms with van der Waals surface area (Å²) in [6.07, 6.45) is 2.01. The topological polar surface area (TPSA) is 73.3 Å². The molecule has 3 aromatic rings. The summed E-state index contributed by atoms with van der Waals surface area (Å²) in [6, 6.07) is 17.4. The van der Waals surface area contributed by atoms with Gasteiger partial charge in [0.25, 0.3) is 0 Å². The Morgan fingerprint density at radius 3 is 2.40 bits per heavy atom. The first-order chi connectivity index (χ1) is 14.5. The fraction of sp³-hybridized carbons (Fsp3) is 0.292. The molecule has 0 bridgehead atoms.